The summed E-state index contributed by atoms with van der Waals surface area (Å²) in [7, 11) is -0.914. The quantitative estimate of drug-likeness (QED) is 0.0784. The lowest BCUT2D eigenvalue weighted by Gasteiger charge is -2.59. The second-order valence-electron chi connectivity index (χ2n) is 19.1. The SMILES string of the molecule is CCC[C@@H](C[C@@H](OCOC)[C@@H](C)[C@H]1CC[C@H]2[C@@H]3CC=C4C[C@@H](O[Si](c5ccccc5)(c5ccccc5)C(C)(C)C)CC[C@]4(C)[C@H]3CC[C@]12C)C(=O)OCC. The molecule has 0 saturated heterocycles. The van der Waals surface area contributed by atoms with Crippen LogP contribution in [0.4, 0.5) is 0 Å². The van der Waals surface area contributed by atoms with Crippen LogP contribution in [0.15, 0.2) is 72.3 Å². The lowest BCUT2D eigenvalue weighted by molar-refractivity contribution is -0.154. The Morgan fingerprint density at radius 1 is 0.907 bits per heavy atom. The number of methoxy groups -OCH3 is 1. The number of allylic oxidation sites excluding steroid dienone is 1. The summed E-state index contributed by atoms with van der Waals surface area (Å²) in [6.07, 6.45) is 15.2. The van der Waals surface area contributed by atoms with E-state index in [1.54, 1.807) is 12.7 Å². The number of fused-ring (bicyclic) bond motifs is 5. The molecule has 4 aliphatic rings. The Morgan fingerprint density at radius 2 is 1.57 bits per heavy atom. The maximum atomic E-state index is 13.0. The van der Waals surface area contributed by atoms with E-state index < -0.39 is 8.32 Å². The number of rotatable bonds is 15. The number of carbonyl (C=O) groups is 1. The maximum absolute atomic E-state index is 13.0. The number of esters is 1. The fourth-order valence-corrected chi connectivity index (χ4v) is 17.4. The zero-order valence-electron chi connectivity index (χ0n) is 35.2. The minimum Gasteiger partial charge on any atom is -0.466 e. The Morgan fingerprint density at radius 3 is 2.17 bits per heavy atom. The van der Waals surface area contributed by atoms with Gasteiger partial charge in [-0.2, -0.15) is 0 Å². The van der Waals surface area contributed by atoms with E-state index in [1.165, 1.54) is 48.9 Å². The Kier molecular flexibility index (Phi) is 13.1. The van der Waals surface area contributed by atoms with Crippen LogP contribution < -0.4 is 10.4 Å². The third kappa shape index (κ3) is 7.72. The van der Waals surface area contributed by atoms with E-state index in [0.29, 0.717) is 24.9 Å². The van der Waals surface area contributed by atoms with Crippen LogP contribution in [0.25, 0.3) is 0 Å². The van der Waals surface area contributed by atoms with Gasteiger partial charge in [-0.15, -0.1) is 0 Å². The smallest absolute Gasteiger partial charge is 0.309 e. The predicted octanol–water partition coefficient (Wildman–Crippen LogP) is 10.5. The van der Waals surface area contributed by atoms with Crippen molar-refractivity contribution in [1.82, 2.24) is 0 Å². The van der Waals surface area contributed by atoms with Crippen molar-refractivity contribution in [2.24, 2.45) is 46.3 Å². The average Bonchev–Trinajstić information content (AvgIpc) is 3.52. The van der Waals surface area contributed by atoms with E-state index in [9.17, 15) is 4.79 Å². The van der Waals surface area contributed by atoms with Crippen LogP contribution in [-0.4, -0.2) is 47.0 Å². The first kappa shape index (κ1) is 41.4. The van der Waals surface area contributed by atoms with Gasteiger partial charge in [0.25, 0.3) is 8.32 Å². The van der Waals surface area contributed by atoms with E-state index >= 15 is 0 Å². The van der Waals surface area contributed by atoms with Gasteiger partial charge < -0.3 is 18.6 Å². The van der Waals surface area contributed by atoms with Crippen molar-refractivity contribution in [3.8, 4) is 0 Å². The molecular formula is C48H72O5Si. The van der Waals surface area contributed by atoms with Crippen molar-refractivity contribution in [3.05, 3.63) is 72.3 Å². The molecule has 4 aliphatic carbocycles. The Hall–Kier alpha value is -2.25. The third-order valence-corrected chi connectivity index (χ3v) is 20.4. The van der Waals surface area contributed by atoms with Crippen LogP contribution >= 0.6 is 0 Å². The fourth-order valence-electron chi connectivity index (χ4n) is 12.6. The molecule has 6 heteroatoms. The zero-order chi connectivity index (χ0) is 38.7. The normalized spacial score (nSPS) is 31.4. The molecule has 0 unspecified atom stereocenters. The average molecular weight is 757 g/mol. The summed E-state index contributed by atoms with van der Waals surface area (Å²) in [5, 5.41) is 2.74. The molecule has 2 aromatic carbocycles. The largest absolute Gasteiger partial charge is 0.466 e. The van der Waals surface area contributed by atoms with Crippen LogP contribution in [0.5, 0.6) is 0 Å². The molecule has 6 rings (SSSR count). The Labute approximate surface area is 329 Å². The maximum Gasteiger partial charge on any atom is 0.309 e. The van der Waals surface area contributed by atoms with Crippen LogP contribution in [-0.2, 0) is 23.4 Å². The van der Waals surface area contributed by atoms with Gasteiger partial charge in [-0.25, -0.2) is 0 Å². The van der Waals surface area contributed by atoms with Gasteiger partial charge in [0, 0.05) is 13.2 Å². The predicted molar refractivity (Wildman–Crippen MR) is 223 cm³/mol. The lowest BCUT2D eigenvalue weighted by Crippen LogP contribution is -2.68. The van der Waals surface area contributed by atoms with Gasteiger partial charge in [-0.3, -0.25) is 4.79 Å². The summed E-state index contributed by atoms with van der Waals surface area (Å²) in [4.78, 5) is 13.0. The highest BCUT2D eigenvalue weighted by Gasteiger charge is 2.60. The van der Waals surface area contributed by atoms with Gasteiger partial charge in [0.15, 0.2) is 0 Å². The van der Waals surface area contributed by atoms with Crippen LogP contribution in [0, 0.1) is 46.3 Å². The van der Waals surface area contributed by atoms with Crippen molar-refractivity contribution < 1.29 is 23.4 Å². The minimum absolute atomic E-state index is 0.0180. The zero-order valence-corrected chi connectivity index (χ0v) is 36.2. The topological polar surface area (TPSA) is 54.0 Å². The molecular weight excluding hydrogens is 685 g/mol. The molecule has 0 aliphatic heterocycles. The molecule has 54 heavy (non-hydrogen) atoms. The molecule has 0 aromatic heterocycles. The van der Waals surface area contributed by atoms with Crippen molar-refractivity contribution in [2.75, 3.05) is 20.5 Å². The minimum atomic E-state index is -2.61. The molecule has 10 atom stereocenters. The standard InChI is InChI=1S/C48H72O5Si/c1-10-18-35(45(49)51-11-2)31-44(52-33-50-9)34(3)41-25-26-42-40-24-23-36-32-37(27-29-47(36,7)43(40)28-30-48(41,42)8)53-54(46(4,5)6,38-19-14-12-15-20-38)39-21-16-13-17-22-39/h12-17,19-23,34-35,37,40-44H,10-11,18,24-33H2,1-9H3/t34-,35-,37-,40-,41+,42-,43-,44+,47-,48+/m0/s1. The Balaban J connectivity index is 1.22. The first-order valence-corrected chi connectivity index (χ1v) is 23.5. The summed E-state index contributed by atoms with van der Waals surface area (Å²) >= 11 is 0. The molecule has 0 N–H and O–H groups in total. The van der Waals surface area contributed by atoms with Gasteiger partial charge in [0.1, 0.15) is 6.79 Å². The number of hydrogen-bond donors (Lipinski definition) is 0. The second-order valence-corrected chi connectivity index (χ2v) is 23.3. The molecule has 0 spiro atoms. The van der Waals surface area contributed by atoms with Gasteiger partial charge in [-0.1, -0.05) is 127 Å². The monoisotopic (exact) mass is 757 g/mol. The Bertz CT molecular complexity index is 1510. The lowest BCUT2D eigenvalue weighted by atomic mass is 9.47. The van der Waals surface area contributed by atoms with Crippen molar-refractivity contribution in [1.29, 1.82) is 0 Å². The van der Waals surface area contributed by atoms with E-state index in [-0.39, 0.29) is 46.8 Å². The number of hydrogen-bond acceptors (Lipinski definition) is 5. The van der Waals surface area contributed by atoms with Crippen LogP contribution in [0.1, 0.15) is 126 Å². The molecule has 3 saturated carbocycles. The van der Waals surface area contributed by atoms with E-state index in [1.807, 2.05) is 6.92 Å². The van der Waals surface area contributed by atoms with Gasteiger partial charge in [-0.05, 0) is 127 Å². The molecule has 2 aromatic rings. The van der Waals surface area contributed by atoms with Gasteiger partial charge >= 0.3 is 5.97 Å². The highest BCUT2D eigenvalue weighted by Crippen LogP contribution is 2.67. The van der Waals surface area contributed by atoms with E-state index in [4.69, 9.17) is 18.6 Å². The van der Waals surface area contributed by atoms with Crippen molar-refractivity contribution >= 4 is 24.7 Å². The fraction of sp³-hybridized carbons (Fsp3) is 0.688. The summed E-state index contributed by atoms with van der Waals surface area (Å²) < 4.78 is 25.2. The van der Waals surface area contributed by atoms with Gasteiger partial charge in [0.2, 0.25) is 0 Å². The second kappa shape index (κ2) is 17.1. The van der Waals surface area contributed by atoms with Crippen molar-refractivity contribution in [2.45, 2.75) is 143 Å². The van der Waals surface area contributed by atoms with Crippen LogP contribution in [0.2, 0.25) is 5.04 Å². The molecule has 0 bridgehead atoms. The highest BCUT2D eigenvalue weighted by atomic mass is 28.4. The molecule has 0 heterocycles. The number of carbonyl (C=O) groups excluding carboxylic acids is 1. The molecule has 0 amide bonds. The molecule has 5 nitrogen and oxygen atoms in total. The van der Waals surface area contributed by atoms with E-state index in [2.05, 4.69) is 115 Å². The van der Waals surface area contributed by atoms with Crippen LogP contribution in [0.3, 0.4) is 0 Å². The molecule has 0 radical (unpaired) electrons. The van der Waals surface area contributed by atoms with Crippen molar-refractivity contribution in [3.63, 3.8) is 0 Å². The third-order valence-electron chi connectivity index (χ3n) is 15.3. The highest BCUT2D eigenvalue weighted by molar-refractivity contribution is 6.99. The first-order valence-electron chi connectivity index (χ1n) is 21.6. The van der Waals surface area contributed by atoms with Gasteiger partial charge in [0.05, 0.1) is 18.6 Å². The molecule has 298 valence electrons. The molecule has 3 fully saturated rings. The number of benzene rings is 2. The summed E-state index contributed by atoms with van der Waals surface area (Å²) in [5.74, 6) is 2.91. The summed E-state index contributed by atoms with van der Waals surface area (Å²) in [6.45, 7) is 19.6. The summed E-state index contributed by atoms with van der Waals surface area (Å²) in [6, 6.07) is 22.4. The number of ether oxygens (including phenoxy) is 3. The summed E-state index contributed by atoms with van der Waals surface area (Å²) in [5.41, 5.74) is 2.21. The van der Waals surface area contributed by atoms with E-state index in [0.717, 1.165) is 43.4 Å². The first-order chi connectivity index (χ1) is 25.8.